The zero-order chi connectivity index (χ0) is 20.5. The van der Waals surface area contributed by atoms with E-state index in [1.807, 2.05) is 65.0 Å². The van der Waals surface area contributed by atoms with Gasteiger partial charge in [0.15, 0.2) is 6.29 Å². The minimum Gasteiger partial charge on any atom is -0.322 e. The summed E-state index contributed by atoms with van der Waals surface area (Å²) in [6, 6.07) is 9.04. The average Bonchev–Trinajstić information content (AvgIpc) is 2.98. The van der Waals surface area contributed by atoms with Crippen molar-refractivity contribution in [1.82, 2.24) is 20.4 Å². The molecule has 0 bridgehead atoms. The third-order valence-corrected chi connectivity index (χ3v) is 4.50. The third kappa shape index (κ3) is 4.69. The number of nitrogens with one attached hydrogen (secondary N) is 4. The van der Waals surface area contributed by atoms with Gasteiger partial charge in [0.1, 0.15) is 5.82 Å². The SMILES string of the molecule is Cc1cccc(NC(=O)Nc2cc(C(C)(C)C)nn2C2NC(=O)CC(C)N2)c1. The van der Waals surface area contributed by atoms with Crippen molar-refractivity contribution in [3.05, 3.63) is 41.6 Å². The largest absolute Gasteiger partial charge is 0.324 e. The highest BCUT2D eigenvalue weighted by Crippen LogP contribution is 2.26. The van der Waals surface area contributed by atoms with Crippen LogP contribution in [0.1, 0.15) is 51.7 Å². The van der Waals surface area contributed by atoms with Gasteiger partial charge < -0.3 is 10.6 Å². The molecule has 2 heterocycles. The lowest BCUT2D eigenvalue weighted by Crippen LogP contribution is -2.52. The maximum Gasteiger partial charge on any atom is 0.324 e. The van der Waals surface area contributed by atoms with Gasteiger partial charge in [-0.1, -0.05) is 32.9 Å². The van der Waals surface area contributed by atoms with Gasteiger partial charge in [-0.05, 0) is 31.5 Å². The van der Waals surface area contributed by atoms with Gasteiger partial charge in [-0.25, -0.2) is 9.48 Å². The Labute approximate surface area is 165 Å². The van der Waals surface area contributed by atoms with Crippen molar-refractivity contribution in [3.63, 3.8) is 0 Å². The van der Waals surface area contributed by atoms with Crippen LogP contribution in [0.2, 0.25) is 0 Å². The molecule has 150 valence electrons. The minimum absolute atomic E-state index is 0.00927. The fraction of sp³-hybridized carbons (Fsp3) is 0.450. The number of aryl methyl sites for hydroxylation is 1. The van der Waals surface area contributed by atoms with Gasteiger partial charge in [-0.15, -0.1) is 0 Å². The molecule has 1 fully saturated rings. The van der Waals surface area contributed by atoms with Crippen LogP contribution in [0.25, 0.3) is 0 Å². The molecule has 4 N–H and O–H groups in total. The number of rotatable bonds is 3. The molecule has 3 rings (SSSR count). The number of carbonyl (C=O) groups excluding carboxylic acids is 2. The summed E-state index contributed by atoms with van der Waals surface area (Å²) in [5.41, 5.74) is 2.37. The molecule has 2 atom stereocenters. The highest BCUT2D eigenvalue weighted by molar-refractivity contribution is 5.99. The summed E-state index contributed by atoms with van der Waals surface area (Å²) in [4.78, 5) is 24.5. The molecule has 1 aromatic carbocycles. The second-order valence-electron chi connectivity index (χ2n) is 8.30. The number of hydrogen-bond acceptors (Lipinski definition) is 4. The van der Waals surface area contributed by atoms with Gasteiger partial charge in [0.25, 0.3) is 0 Å². The molecule has 0 spiro atoms. The first kappa shape index (κ1) is 19.9. The van der Waals surface area contributed by atoms with E-state index in [1.54, 1.807) is 4.68 Å². The molecule has 0 aliphatic carbocycles. The molecule has 1 aliphatic heterocycles. The number of aromatic nitrogens is 2. The highest BCUT2D eigenvalue weighted by atomic mass is 16.2. The predicted octanol–water partition coefficient (Wildman–Crippen LogP) is 3.09. The van der Waals surface area contributed by atoms with Gasteiger partial charge in [-0.3, -0.25) is 15.4 Å². The lowest BCUT2D eigenvalue weighted by Gasteiger charge is -2.30. The van der Waals surface area contributed by atoms with Crippen LogP contribution in [0.15, 0.2) is 30.3 Å². The first-order chi connectivity index (χ1) is 13.1. The van der Waals surface area contributed by atoms with E-state index in [0.29, 0.717) is 17.9 Å². The number of anilines is 2. The quantitative estimate of drug-likeness (QED) is 0.653. The molecule has 0 saturated carbocycles. The van der Waals surface area contributed by atoms with E-state index >= 15 is 0 Å². The van der Waals surface area contributed by atoms with E-state index in [4.69, 9.17) is 0 Å². The van der Waals surface area contributed by atoms with Crippen LogP contribution >= 0.6 is 0 Å². The van der Waals surface area contributed by atoms with Crippen molar-refractivity contribution in [1.29, 1.82) is 0 Å². The van der Waals surface area contributed by atoms with Crippen LogP contribution in [-0.4, -0.2) is 27.8 Å². The van der Waals surface area contributed by atoms with Gasteiger partial charge >= 0.3 is 6.03 Å². The number of amides is 3. The topological polar surface area (TPSA) is 100 Å². The minimum atomic E-state index is -0.526. The van der Waals surface area contributed by atoms with E-state index in [1.165, 1.54) is 0 Å². The van der Waals surface area contributed by atoms with Crippen molar-refractivity contribution >= 4 is 23.4 Å². The number of nitrogens with zero attached hydrogens (tertiary/aromatic N) is 2. The summed E-state index contributed by atoms with van der Waals surface area (Å²) < 4.78 is 1.62. The van der Waals surface area contributed by atoms with Crippen LogP contribution in [0.5, 0.6) is 0 Å². The van der Waals surface area contributed by atoms with Crippen LogP contribution in [0.3, 0.4) is 0 Å². The standard InChI is InChI=1S/C20H28N6O2/c1-12-7-6-8-14(9-12)22-19(28)23-16-11-15(20(3,4)5)25-26(16)18-21-13(2)10-17(27)24-18/h6-9,11,13,18,21H,10H2,1-5H3,(H,24,27)(H2,22,23,28). The van der Waals surface area contributed by atoms with E-state index < -0.39 is 6.29 Å². The van der Waals surface area contributed by atoms with E-state index in [-0.39, 0.29) is 23.4 Å². The monoisotopic (exact) mass is 384 g/mol. The maximum absolute atomic E-state index is 12.5. The smallest absolute Gasteiger partial charge is 0.322 e. The van der Waals surface area contributed by atoms with Crippen molar-refractivity contribution < 1.29 is 9.59 Å². The second-order valence-corrected chi connectivity index (χ2v) is 8.30. The zero-order valence-electron chi connectivity index (χ0n) is 17.0. The Bertz CT molecular complexity index is 883. The van der Waals surface area contributed by atoms with Crippen LogP contribution < -0.4 is 21.3 Å². The number of benzene rings is 1. The van der Waals surface area contributed by atoms with E-state index in [0.717, 1.165) is 11.3 Å². The molecule has 0 radical (unpaired) electrons. The Kier molecular flexibility index (Phi) is 5.42. The number of urea groups is 1. The lowest BCUT2D eigenvalue weighted by molar-refractivity contribution is -0.125. The fourth-order valence-corrected chi connectivity index (χ4v) is 3.04. The summed E-state index contributed by atoms with van der Waals surface area (Å²) in [5, 5.41) is 16.5. The Hall–Kier alpha value is -2.87. The van der Waals surface area contributed by atoms with Crippen LogP contribution in [0.4, 0.5) is 16.3 Å². The number of hydrogen-bond donors (Lipinski definition) is 4. The molecule has 8 nitrogen and oxygen atoms in total. The van der Waals surface area contributed by atoms with Gasteiger partial charge in [0.2, 0.25) is 5.91 Å². The summed E-state index contributed by atoms with van der Waals surface area (Å²) in [5.74, 6) is 0.446. The molecule has 2 unspecified atom stereocenters. The first-order valence-electron chi connectivity index (χ1n) is 9.42. The van der Waals surface area contributed by atoms with Gasteiger partial charge in [0.05, 0.1) is 5.69 Å². The average molecular weight is 384 g/mol. The van der Waals surface area contributed by atoms with E-state index in [9.17, 15) is 9.59 Å². The van der Waals surface area contributed by atoms with Crippen molar-refractivity contribution in [2.45, 2.75) is 58.8 Å². The van der Waals surface area contributed by atoms with Crippen molar-refractivity contribution in [2.24, 2.45) is 0 Å². The Balaban J connectivity index is 1.85. The number of carbonyl (C=O) groups is 2. The Morgan fingerprint density at radius 3 is 2.64 bits per heavy atom. The lowest BCUT2D eigenvalue weighted by atomic mass is 9.92. The van der Waals surface area contributed by atoms with Gasteiger partial charge in [0, 0.05) is 29.6 Å². The predicted molar refractivity (Wildman–Crippen MR) is 109 cm³/mol. The summed E-state index contributed by atoms with van der Waals surface area (Å²) in [7, 11) is 0. The summed E-state index contributed by atoms with van der Waals surface area (Å²) in [6.45, 7) is 10.0. The molecular formula is C20H28N6O2. The Morgan fingerprint density at radius 1 is 1.25 bits per heavy atom. The Morgan fingerprint density at radius 2 is 2.00 bits per heavy atom. The van der Waals surface area contributed by atoms with Crippen molar-refractivity contribution in [2.75, 3.05) is 10.6 Å². The molecular weight excluding hydrogens is 356 g/mol. The maximum atomic E-state index is 12.5. The van der Waals surface area contributed by atoms with E-state index in [2.05, 4.69) is 26.4 Å². The third-order valence-electron chi connectivity index (χ3n) is 4.50. The molecule has 1 aromatic heterocycles. The van der Waals surface area contributed by atoms with Gasteiger partial charge in [-0.2, -0.15) is 5.10 Å². The molecule has 1 aliphatic rings. The second kappa shape index (κ2) is 7.63. The first-order valence-corrected chi connectivity index (χ1v) is 9.42. The summed E-state index contributed by atoms with van der Waals surface area (Å²) in [6.07, 6.45) is -0.123. The fourth-order valence-electron chi connectivity index (χ4n) is 3.04. The zero-order valence-corrected chi connectivity index (χ0v) is 17.0. The van der Waals surface area contributed by atoms with Crippen LogP contribution in [0, 0.1) is 6.92 Å². The molecule has 3 amide bonds. The highest BCUT2D eigenvalue weighted by Gasteiger charge is 2.29. The molecule has 2 aromatic rings. The van der Waals surface area contributed by atoms with Crippen molar-refractivity contribution in [3.8, 4) is 0 Å². The van der Waals surface area contributed by atoms with Crippen LogP contribution in [-0.2, 0) is 10.2 Å². The molecule has 8 heteroatoms. The summed E-state index contributed by atoms with van der Waals surface area (Å²) >= 11 is 0. The molecule has 28 heavy (non-hydrogen) atoms. The normalized spacial score (nSPS) is 19.8. The molecule has 1 saturated heterocycles.